The summed E-state index contributed by atoms with van der Waals surface area (Å²) >= 11 is 1.36. The number of aliphatic carboxylic acids is 1. The first-order chi connectivity index (χ1) is 8.62. The molecule has 0 radical (unpaired) electrons. The molecule has 1 aliphatic rings. The topological polar surface area (TPSA) is 57.6 Å². The average Bonchev–Trinajstić information content (AvgIpc) is 2.98. The maximum atomic E-state index is 12.4. The molecule has 1 saturated heterocycles. The monoisotopic (exact) mass is 267 g/mol. The van der Waals surface area contributed by atoms with Gasteiger partial charge >= 0.3 is 5.97 Å². The van der Waals surface area contributed by atoms with Gasteiger partial charge in [0.15, 0.2) is 0 Å². The molecule has 1 amide bonds. The number of carboxylic acids is 1. The lowest BCUT2D eigenvalue weighted by Gasteiger charge is -2.34. The van der Waals surface area contributed by atoms with Gasteiger partial charge in [0.2, 0.25) is 0 Å². The highest BCUT2D eigenvalue weighted by Gasteiger charge is 2.49. The van der Waals surface area contributed by atoms with Crippen LogP contribution in [0.3, 0.4) is 0 Å². The van der Waals surface area contributed by atoms with Crippen LogP contribution in [0.15, 0.2) is 17.5 Å². The molecule has 5 heteroatoms. The summed E-state index contributed by atoms with van der Waals surface area (Å²) in [5.74, 6) is -1.01. The number of hydrogen-bond donors (Lipinski definition) is 1. The van der Waals surface area contributed by atoms with Crippen LogP contribution in [0.2, 0.25) is 0 Å². The van der Waals surface area contributed by atoms with Crippen molar-refractivity contribution in [1.82, 2.24) is 4.90 Å². The standard InChI is InChI=1S/C13H17NO3S/c1-2-6-13(12(16)17)7-4-8-14(13)11(15)10-5-3-9-18-10/h3,5,9H,2,4,6-8H2,1H3,(H,16,17). The summed E-state index contributed by atoms with van der Waals surface area (Å²) in [5.41, 5.74) is -0.990. The first-order valence-electron chi connectivity index (χ1n) is 6.20. The molecule has 1 unspecified atom stereocenters. The van der Waals surface area contributed by atoms with Crippen LogP contribution in [-0.4, -0.2) is 34.0 Å². The SMILES string of the molecule is CCCC1(C(=O)O)CCCN1C(=O)c1cccs1. The number of nitrogens with zero attached hydrogens (tertiary/aromatic N) is 1. The van der Waals surface area contributed by atoms with Gasteiger partial charge in [0, 0.05) is 6.54 Å². The van der Waals surface area contributed by atoms with E-state index in [0.29, 0.717) is 24.3 Å². The van der Waals surface area contributed by atoms with Gasteiger partial charge in [-0.2, -0.15) is 0 Å². The van der Waals surface area contributed by atoms with E-state index in [2.05, 4.69) is 0 Å². The summed E-state index contributed by atoms with van der Waals surface area (Å²) in [6.07, 6.45) is 2.62. The van der Waals surface area contributed by atoms with E-state index in [1.54, 1.807) is 11.0 Å². The molecule has 0 aliphatic carbocycles. The van der Waals surface area contributed by atoms with Crippen LogP contribution < -0.4 is 0 Å². The van der Waals surface area contributed by atoms with Crippen molar-refractivity contribution in [3.8, 4) is 0 Å². The molecule has 1 aromatic rings. The Kier molecular flexibility index (Phi) is 3.71. The van der Waals surface area contributed by atoms with Crippen molar-refractivity contribution in [3.05, 3.63) is 22.4 Å². The summed E-state index contributed by atoms with van der Waals surface area (Å²) in [7, 11) is 0. The second-order valence-electron chi connectivity index (χ2n) is 4.62. The third kappa shape index (κ3) is 2.03. The maximum absolute atomic E-state index is 12.4. The number of carboxylic acid groups (broad SMARTS) is 1. The molecular weight excluding hydrogens is 250 g/mol. The second-order valence-corrected chi connectivity index (χ2v) is 5.57. The predicted octanol–water partition coefficient (Wildman–Crippen LogP) is 2.61. The highest BCUT2D eigenvalue weighted by Crippen LogP contribution is 2.35. The molecule has 1 N–H and O–H groups in total. The zero-order valence-electron chi connectivity index (χ0n) is 10.4. The van der Waals surface area contributed by atoms with E-state index < -0.39 is 11.5 Å². The van der Waals surface area contributed by atoms with Crippen LogP contribution in [0.4, 0.5) is 0 Å². The number of carbonyl (C=O) groups is 2. The van der Waals surface area contributed by atoms with E-state index in [1.807, 2.05) is 18.4 Å². The van der Waals surface area contributed by atoms with Crippen LogP contribution in [-0.2, 0) is 4.79 Å². The maximum Gasteiger partial charge on any atom is 0.329 e. The van der Waals surface area contributed by atoms with E-state index >= 15 is 0 Å². The third-order valence-corrected chi connectivity index (χ3v) is 4.39. The Hall–Kier alpha value is -1.36. The minimum atomic E-state index is -0.990. The van der Waals surface area contributed by atoms with Crippen molar-refractivity contribution in [1.29, 1.82) is 0 Å². The molecule has 1 atom stereocenters. The van der Waals surface area contributed by atoms with Crippen LogP contribution >= 0.6 is 11.3 Å². The summed E-state index contributed by atoms with van der Waals surface area (Å²) in [4.78, 5) is 26.2. The van der Waals surface area contributed by atoms with Gasteiger partial charge in [-0.1, -0.05) is 19.4 Å². The minimum absolute atomic E-state index is 0.140. The number of carbonyl (C=O) groups excluding carboxylic acids is 1. The Bertz CT molecular complexity index is 443. The number of hydrogen-bond acceptors (Lipinski definition) is 3. The van der Waals surface area contributed by atoms with Crippen molar-refractivity contribution in [2.24, 2.45) is 0 Å². The molecule has 0 saturated carbocycles. The Morgan fingerprint density at radius 2 is 2.33 bits per heavy atom. The average molecular weight is 267 g/mol. The first kappa shape index (κ1) is 13.1. The van der Waals surface area contributed by atoms with Gasteiger partial charge in [0.25, 0.3) is 5.91 Å². The number of amides is 1. The lowest BCUT2D eigenvalue weighted by Crippen LogP contribution is -2.52. The highest BCUT2D eigenvalue weighted by molar-refractivity contribution is 7.12. The summed E-state index contributed by atoms with van der Waals surface area (Å²) in [6.45, 7) is 2.50. The Labute approximate surface area is 110 Å². The van der Waals surface area contributed by atoms with Gasteiger partial charge in [-0.15, -0.1) is 11.3 Å². The van der Waals surface area contributed by atoms with Gasteiger partial charge in [-0.25, -0.2) is 4.79 Å². The fraction of sp³-hybridized carbons (Fsp3) is 0.538. The number of likely N-dealkylation sites (tertiary alicyclic amines) is 1. The van der Waals surface area contributed by atoms with Crippen molar-refractivity contribution in [2.45, 2.75) is 38.1 Å². The fourth-order valence-electron chi connectivity index (χ4n) is 2.71. The Morgan fingerprint density at radius 1 is 1.56 bits per heavy atom. The Morgan fingerprint density at radius 3 is 2.89 bits per heavy atom. The van der Waals surface area contributed by atoms with E-state index in [0.717, 1.165) is 12.8 Å². The zero-order valence-corrected chi connectivity index (χ0v) is 11.2. The van der Waals surface area contributed by atoms with Gasteiger partial charge in [0.05, 0.1) is 4.88 Å². The summed E-state index contributed by atoms with van der Waals surface area (Å²) in [6, 6.07) is 3.57. The minimum Gasteiger partial charge on any atom is -0.479 e. The van der Waals surface area contributed by atoms with Crippen molar-refractivity contribution in [3.63, 3.8) is 0 Å². The van der Waals surface area contributed by atoms with Gasteiger partial charge in [-0.05, 0) is 30.7 Å². The molecule has 0 spiro atoms. The second kappa shape index (κ2) is 5.10. The van der Waals surface area contributed by atoms with Crippen LogP contribution in [0.1, 0.15) is 42.3 Å². The molecule has 0 aromatic carbocycles. The quantitative estimate of drug-likeness (QED) is 0.912. The van der Waals surface area contributed by atoms with Gasteiger partial charge < -0.3 is 10.0 Å². The Balaban J connectivity index is 2.30. The van der Waals surface area contributed by atoms with E-state index in [4.69, 9.17) is 0 Å². The summed E-state index contributed by atoms with van der Waals surface area (Å²) in [5, 5.41) is 11.4. The van der Waals surface area contributed by atoms with Gasteiger partial charge in [0.1, 0.15) is 5.54 Å². The van der Waals surface area contributed by atoms with Crippen molar-refractivity contribution >= 4 is 23.2 Å². The molecule has 18 heavy (non-hydrogen) atoms. The van der Waals surface area contributed by atoms with Crippen LogP contribution in [0.5, 0.6) is 0 Å². The number of rotatable bonds is 4. The lowest BCUT2D eigenvalue weighted by atomic mass is 9.90. The van der Waals surface area contributed by atoms with Crippen LogP contribution in [0.25, 0.3) is 0 Å². The first-order valence-corrected chi connectivity index (χ1v) is 7.08. The largest absolute Gasteiger partial charge is 0.479 e. The summed E-state index contributed by atoms with van der Waals surface area (Å²) < 4.78 is 0. The van der Waals surface area contributed by atoms with E-state index in [9.17, 15) is 14.7 Å². The molecule has 1 aromatic heterocycles. The fourth-order valence-corrected chi connectivity index (χ4v) is 3.38. The molecule has 2 rings (SSSR count). The van der Waals surface area contributed by atoms with Crippen molar-refractivity contribution < 1.29 is 14.7 Å². The zero-order chi connectivity index (χ0) is 13.2. The highest BCUT2D eigenvalue weighted by atomic mass is 32.1. The number of thiophene rings is 1. The lowest BCUT2D eigenvalue weighted by molar-refractivity contribution is -0.148. The van der Waals surface area contributed by atoms with E-state index in [1.165, 1.54) is 11.3 Å². The van der Waals surface area contributed by atoms with Crippen molar-refractivity contribution in [2.75, 3.05) is 6.54 Å². The van der Waals surface area contributed by atoms with Gasteiger partial charge in [-0.3, -0.25) is 4.79 Å². The smallest absolute Gasteiger partial charge is 0.329 e. The third-order valence-electron chi connectivity index (χ3n) is 3.53. The molecule has 1 aliphatic heterocycles. The predicted molar refractivity (Wildman–Crippen MR) is 69.9 cm³/mol. The molecule has 1 fully saturated rings. The van der Waals surface area contributed by atoms with Crippen LogP contribution in [0, 0.1) is 0 Å². The molecule has 0 bridgehead atoms. The molecule has 98 valence electrons. The molecule has 4 nitrogen and oxygen atoms in total. The molecular formula is C13H17NO3S. The molecule has 2 heterocycles. The van der Waals surface area contributed by atoms with E-state index in [-0.39, 0.29) is 5.91 Å². The normalized spacial score (nSPS) is 23.3.